The summed E-state index contributed by atoms with van der Waals surface area (Å²) in [4.78, 5) is 55.6. The molecule has 30 aromatic rings. The Labute approximate surface area is 860 Å². The minimum absolute atomic E-state index is 0.569. The van der Waals surface area contributed by atoms with Crippen molar-refractivity contribution in [2.75, 3.05) is 0 Å². The highest BCUT2D eigenvalue weighted by Crippen LogP contribution is 2.47. The number of pyridine rings is 3. The lowest BCUT2D eigenvalue weighted by Gasteiger charge is -2.14. The molecule has 12 aromatic heterocycles. The van der Waals surface area contributed by atoms with Gasteiger partial charge in [-0.05, 0) is 150 Å². The maximum atomic E-state index is 5.28. The van der Waals surface area contributed by atoms with Crippen LogP contribution in [0.15, 0.2) is 516 Å². The standard InChI is InChI=1S/C45H29N5.2C44H28N6/c1-4-14-30(15-5-1)38-29-39(31-16-6-2-7-17-31)48-45(47-38)50-40-23-11-10-20-35(40)36-22-12-21-34(44(36)50)32-25-26-37-42(28-32)49(33-18-8-3-9-19-33)41-24-13-27-46-43(37)41;2*1-4-14-29(15-5-1)42-46-43(30-16-6-2-7-17-30)48-44(47-42)50-37-23-11-10-20-34(37)35-22-12-21-33(41(35)50)31-25-26-36-39(28-31)49(32-18-8-3-9-19-32)38-24-13-27-45-40(36)38/h1-29H;2*1-28H. The van der Waals surface area contributed by atoms with E-state index in [-0.39, 0.29) is 0 Å². The van der Waals surface area contributed by atoms with E-state index in [0.29, 0.717) is 41.1 Å². The molecular weight excluding hydrogens is 1840 g/mol. The monoisotopic (exact) mass is 1920 g/mol. The largest absolute Gasteiger partial charge is 0.308 e. The number of benzene rings is 18. The van der Waals surface area contributed by atoms with E-state index in [4.69, 9.17) is 54.8 Å². The maximum Gasteiger partial charge on any atom is 0.238 e. The molecule has 0 saturated heterocycles. The van der Waals surface area contributed by atoms with Gasteiger partial charge in [0, 0.05) is 134 Å². The van der Waals surface area contributed by atoms with Gasteiger partial charge in [-0.15, -0.1) is 0 Å². The molecule has 17 heteroatoms. The minimum atomic E-state index is 0.569. The van der Waals surface area contributed by atoms with Crippen molar-refractivity contribution in [1.29, 1.82) is 0 Å². The van der Waals surface area contributed by atoms with E-state index in [0.717, 1.165) is 226 Å². The van der Waals surface area contributed by atoms with Crippen molar-refractivity contribution in [3.8, 4) is 136 Å². The van der Waals surface area contributed by atoms with Crippen LogP contribution < -0.4 is 0 Å². The van der Waals surface area contributed by atoms with Gasteiger partial charge in [0.25, 0.3) is 0 Å². The smallest absolute Gasteiger partial charge is 0.238 e. The Morgan fingerprint density at radius 2 is 0.380 bits per heavy atom. The molecule has 0 radical (unpaired) electrons. The molecule has 150 heavy (non-hydrogen) atoms. The summed E-state index contributed by atoms with van der Waals surface area (Å²) >= 11 is 0. The number of hydrogen-bond donors (Lipinski definition) is 0. The first-order valence-electron chi connectivity index (χ1n) is 50.1. The molecule has 0 aliphatic rings. The molecule has 0 unspecified atom stereocenters. The second-order valence-electron chi connectivity index (χ2n) is 37.2. The number of fused-ring (bicyclic) bond motifs is 18. The van der Waals surface area contributed by atoms with E-state index in [9.17, 15) is 0 Å². The van der Waals surface area contributed by atoms with E-state index in [1.54, 1.807) is 0 Å². The van der Waals surface area contributed by atoms with E-state index in [1.165, 1.54) is 0 Å². The topological polar surface area (TPSA) is 171 Å². The van der Waals surface area contributed by atoms with Crippen molar-refractivity contribution in [2.24, 2.45) is 0 Å². The predicted octanol–water partition coefficient (Wildman–Crippen LogP) is 32.0. The fourth-order valence-electron chi connectivity index (χ4n) is 21.8. The maximum absolute atomic E-state index is 5.28. The Hall–Kier alpha value is -20.7. The zero-order chi connectivity index (χ0) is 99.1. The second kappa shape index (κ2) is 36.9. The van der Waals surface area contributed by atoms with Crippen molar-refractivity contribution >= 4 is 131 Å². The van der Waals surface area contributed by atoms with Crippen LogP contribution in [0.3, 0.4) is 0 Å². The Morgan fingerprint density at radius 3 is 0.667 bits per heavy atom. The molecule has 17 nitrogen and oxygen atoms in total. The SMILES string of the molecule is c1ccc(-c2cc(-c3ccccc3)nc(-n3c4ccccc4c4cccc(-c5ccc6c7ncccc7n(-c7ccccc7)c6c5)c43)n2)cc1.c1ccc(-c2nc(-c3ccccc3)nc(-n3c4ccccc4c4cccc(-c5ccc6c7ncccc7n(-c7ccccc7)c6c5)c43)n2)cc1.c1ccc(-c2nc(-c3ccccc3)nc(-n3c4ccccc4c4cccc(-c5ccc6c7ncccc7n(-c7ccccc7)c6c5)c43)n2)cc1. The summed E-state index contributed by atoms with van der Waals surface area (Å²) in [7, 11) is 0. The third-order valence-electron chi connectivity index (χ3n) is 28.5. The highest BCUT2D eigenvalue weighted by atomic mass is 15.2. The van der Waals surface area contributed by atoms with E-state index < -0.39 is 0 Å². The van der Waals surface area contributed by atoms with Crippen LogP contribution in [0.1, 0.15) is 0 Å². The molecule has 0 bridgehead atoms. The number of aromatic nitrogens is 17. The van der Waals surface area contributed by atoms with Crippen LogP contribution in [-0.2, 0) is 0 Å². The lowest BCUT2D eigenvalue weighted by molar-refractivity contribution is 0.953. The van der Waals surface area contributed by atoms with Crippen molar-refractivity contribution in [2.45, 2.75) is 0 Å². The van der Waals surface area contributed by atoms with Gasteiger partial charge < -0.3 is 13.7 Å². The van der Waals surface area contributed by atoms with Crippen LogP contribution in [0.25, 0.3) is 268 Å². The van der Waals surface area contributed by atoms with Gasteiger partial charge in [0.15, 0.2) is 23.3 Å². The number of rotatable bonds is 15. The van der Waals surface area contributed by atoms with Crippen LogP contribution in [-0.4, -0.2) is 82.2 Å². The fourth-order valence-corrected chi connectivity index (χ4v) is 21.8. The molecule has 0 fully saturated rings. The zero-order valence-corrected chi connectivity index (χ0v) is 80.7. The lowest BCUT2D eigenvalue weighted by Crippen LogP contribution is -2.07. The zero-order valence-electron chi connectivity index (χ0n) is 80.7. The van der Waals surface area contributed by atoms with Crippen LogP contribution in [0.2, 0.25) is 0 Å². The van der Waals surface area contributed by atoms with Crippen LogP contribution in [0, 0.1) is 0 Å². The third kappa shape index (κ3) is 15.1. The Bertz CT molecular complexity index is 9340. The molecule has 30 rings (SSSR count). The molecule has 0 aliphatic carbocycles. The predicted molar refractivity (Wildman–Crippen MR) is 610 cm³/mol. The quantitative estimate of drug-likeness (QED) is 0.0956. The lowest BCUT2D eigenvalue weighted by atomic mass is 10.0. The molecule has 18 aromatic carbocycles. The van der Waals surface area contributed by atoms with Gasteiger partial charge in [-0.1, -0.05) is 364 Å². The Kier molecular flexibility index (Phi) is 21.5. The molecule has 0 saturated carbocycles. The van der Waals surface area contributed by atoms with Crippen molar-refractivity contribution < 1.29 is 0 Å². The molecule has 0 N–H and O–H groups in total. The first-order chi connectivity index (χ1) is 74.4. The summed E-state index contributed by atoms with van der Waals surface area (Å²) in [6.07, 6.45) is 5.61. The molecular formula is C133H85N17. The molecule has 0 atom stereocenters. The summed E-state index contributed by atoms with van der Waals surface area (Å²) in [6.45, 7) is 0. The van der Waals surface area contributed by atoms with Crippen molar-refractivity contribution in [1.82, 2.24) is 82.2 Å². The van der Waals surface area contributed by atoms with Gasteiger partial charge in [0.1, 0.15) is 0 Å². The number of para-hydroxylation sites is 9. The van der Waals surface area contributed by atoms with Gasteiger partial charge in [-0.3, -0.25) is 28.7 Å². The van der Waals surface area contributed by atoms with Gasteiger partial charge in [0.2, 0.25) is 17.8 Å². The third-order valence-corrected chi connectivity index (χ3v) is 28.5. The number of nitrogens with zero attached hydrogens (tertiary/aromatic N) is 17. The molecule has 0 amide bonds. The molecule has 702 valence electrons. The van der Waals surface area contributed by atoms with E-state index >= 15 is 0 Å². The normalized spacial score (nSPS) is 11.6. The highest BCUT2D eigenvalue weighted by Gasteiger charge is 2.29. The van der Waals surface area contributed by atoms with Crippen LogP contribution in [0.5, 0.6) is 0 Å². The Morgan fingerprint density at radius 1 is 0.140 bits per heavy atom. The first-order valence-corrected chi connectivity index (χ1v) is 50.1. The molecule has 12 heterocycles. The highest BCUT2D eigenvalue weighted by molar-refractivity contribution is 6.19. The first kappa shape index (κ1) is 87.1. The van der Waals surface area contributed by atoms with Gasteiger partial charge in [-0.2, -0.15) is 19.9 Å². The second-order valence-corrected chi connectivity index (χ2v) is 37.2. The molecule has 0 aliphatic heterocycles. The van der Waals surface area contributed by atoms with Gasteiger partial charge in [0.05, 0.1) is 94.1 Å². The fraction of sp³-hybridized carbons (Fsp3) is 0. The Balaban J connectivity index is 0.000000108. The van der Waals surface area contributed by atoms with E-state index in [1.807, 2.05) is 182 Å². The van der Waals surface area contributed by atoms with Crippen molar-refractivity contribution in [3.05, 3.63) is 516 Å². The van der Waals surface area contributed by atoms with E-state index in [2.05, 4.69) is 361 Å². The van der Waals surface area contributed by atoms with Gasteiger partial charge >= 0.3 is 0 Å². The summed E-state index contributed by atoms with van der Waals surface area (Å²) in [5.41, 5.74) is 33.2. The van der Waals surface area contributed by atoms with Crippen LogP contribution >= 0.6 is 0 Å². The number of hydrogen-bond acceptors (Lipinski definition) is 11. The average molecular weight is 1920 g/mol. The summed E-state index contributed by atoms with van der Waals surface area (Å²) in [5, 5.41) is 10.2. The van der Waals surface area contributed by atoms with Gasteiger partial charge in [-0.25, -0.2) is 19.9 Å². The molecule has 0 spiro atoms. The summed E-state index contributed by atoms with van der Waals surface area (Å²) in [6, 6.07) is 173. The minimum Gasteiger partial charge on any atom is -0.308 e. The van der Waals surface area contributed by atoms with Crippen molar-refractivity contribution in [3.63, 3.8) is 0 Å². The average Bonchev–Trinajstić information content (AvgIpc) is 1.57. The summed E-state index contributed by atoms with van der Waals surface area (Å²) in [5.74, 6) is 4.27. The summed E-state index contributed by atoms with van der Waals surface area (Å²) < 4.78 is 13.6. The van der Waals surface area contributed by atoms with Crippen LogP contribution in [0.4, 0.5) is 0 Å².